The first-order valence-electron chi connectivity index (χ1n) is 8.13. The monoisotopic (exact) mass is 356 g/mol. The lowest BCUT2D eigenvalue weighted by Gasteiger charge is -2.15. The predicted molar refractivity (Wildman–Crippen MR) is 99.1 cm³/mol. The summed E-state index contributed by atoms with van der Waals surface area (Å²) in [6.07, 6.45) is 0.724. The van der Waals surface area contributed by atoms with Gasteiger partial charge in [-0.15, -0.1) is 11.3 Å². The zero-order chi connectivity index (χ0) is 18.1. The minimum Gasteiger partial charge on any atom is -0.341 e. The number of carbonyl (C=O) groups excluding carboxylic acids is 1. The third-order valence-corrected chi connectivity index (χ3v) is 5.41. The molecule has 2 heterocycles. The van der Waals surface area contributed by atoms with Crippen LogP contribution in [-0.4, -0.2) is 20.7 Å². The average molecular weight is 356 g/mol. The summed E-state index contributed by atoms with van der Waals surface area (Å²) in [5, 5.41) is 9.12. The molecular weight excluding hydrogens is 336 g/mol. The Bertz CT molecular complexity index is 986. The number of hydrogen-bond acceptors (Lipinski definition) is 5. The van der Waals surface area contributed by atoms with Crippen LogP contribution in [0.4, 0.5) is 0 Å². The molecule has 6 nitrogen and oxygen atoms in total. The maximum absolute atomic E-state index is 12.8. The molecule has 0 saturated heterocycles. The Morgan fingerprint density at radius 2 is 1.96 bits per heavy atom. The molecule has 0 aliphatic rings. The Kier molecular flexibility index (Phi) is 4.67. The van der Waals surface area contributed by atoms with Gasteiger partial charge < -0.3 is 5.32 Å². The van der Waals surface area contributed by atoms with Crippen LogP contribution in [0.2, 0.25) is 0 Å². The van der Waals surface area contributed by atoms with Crippen LogP contribution in [0.5, 0.6) is 0 Å². The summed E-state index contributed by atoms with van der Waals surface area (Å²) >= 11 is 1.59. The van der Waals surface area contributed by atoms with Crippen LogP contribution in [0.1, 0.15) is 45.5 Å². The number of nitrogens with one attached hydrogen (secondary N) is 1. The smallest absolute Gasteiger partial charge is 0.274 e. The number of rotatable bonds is 4. The summed E-state index contributed by atoms with van der Waals surface area (Å²) in [4.78, 5) is 30.7. The fraction of sp³-hybridized carbons (Fsp3) is 0.333. The molecule has 0 radical (unpaired) electrons. The Balaban J connectivity index is 1.99. The van der Waals surface area contributed by atoms with Crippen molar-refractivity contribution >= 4 is 28.0 Å². The van der Waals surface area contributed by atoms with Crippen LogP contribution >= 0.6 is 11.3 Å². The number of aromatic nitrogens is 3. The number of nitrogens with zero attached hydrogens (tertiary/aromatic N) is 3. The van der Waals surface area contributed by atoms with Crippen molar-refractivity contribution in [2.45, 2.75) is 33.2 Å². The van der Waals surface area contributed by atoms with E-state index < -0.39 is 0 Å². The number of carbonyl (C=O) groups is 1. The van der Waals surface area contributed by atoms with Gasteiger partial charge in [-0.1, -0.05) is 25.1 Å². The highest BCUT2D eigenvalue weighted by Crippen LogP contribution is 2.25. The van der Waals surface area contributed by atoms with E-state index in [0.717, 1.165) is 22.0 Å². The average Bonchev–Trinajstić information content (AvgIpc) is 2.94. The topological polar surface area (TPSA) is 76.9 Å². The zero-order valence-electron chi connectivity index (χ0n) is 14.7. The lowest BCUT2D eigenvalue weighted by Crippen LogP contribution is -2.32. The molecule has 1 N–H and O–H groups in total. The summed E-state index contributed by atoms with van der Waals surface area (Å²) in [6, 6.07) is 6.85. The molecule has 0 aliphatic carbocycles. The SMILES string of the molecule is CC[C@@H](NC(=O)c1nn(C)c(=O)c2ccccc12)c1nc(C)c(C)s1. The summed E-state index contributed by atoms with van der Waals surface area (Å²) < 4.78 is 1.20. The Morgan fingerprint density at radius 1 is 1.28 bits per heavy atom. The van der Waals surface area contributed by atoms with Gasteiger partial charge in [0.15, 0.2) is 5.69 Å². The molecule has 0 fully saturated rings. The van der Waals surface area contributed by atoms with Crippen molar-refractivity contribution in [2.75, 3.05) is 0 Å². The molecule has 3 aromatic rings. The van der Waals surface area contributed by atoms with Crippen molar-refractivity contribution in [1.82, 2.24) is 20.1 Å². The highest BCUT2D eigenvalue weighted by molar-refractivity contribution is 7.11. The standard InChI is InChI=1S/C18H20N4O2S/c1-5-14(17-19-10(2)11(3)25-17)20-16(23)15-12-8-6-7-9-13(12)18(24)22(4)21-15/h6-9,14H,5H2,1-4H3,(H,20,23)/t14-/m1/s1. The summed E-state index contributed by atoms with van der Waals surface area (Å²) in [7, 11) is 1.55. The highest BCUT2D eigenvalue weighted by Gasteiger charge is 2.21. The molecule has 25 heavy (non-hydrogen) atoms. The van der Waals surface area contributed by atoms with Gasteiger partial charge >= 0.3 is 0 Å². The molecule has 1 atom stereocenters. The molecular formula is C18H20N4O2S. The second-order valence-electron chi connectivity index (χ2n) is 5.95. The van der Waals surface area contributed by atoms with Gasteiger partial charge in [0.1, 0.15) is 5.01 Å². The van der Waals surface area contributed by atoms with Gasteiger partial charge in [-0.3, -0.25) is 9.59 Å². The lowest BCUT2D eigenvalue weighted by atomic mass is 10.1. The van der Waals surface area contributed by atoms with E-state index in [9.17, 15) is 9.59 Å². The van der Waals surface area contributed by atoms with E-state index in [2.05, 4.69) is 15.4 Å². The van der Waals surface area contributed by atoms with E-state index in [1.54, 1.807) is 42.6 Å². The molecule has 0 bridgehead atoms. The first kappa shape index (κ1) is 17.3. The summed E-state index contributed by atoms with van der Waals surface area (Å²) in [5.41, 5.74) is 1.02. The van der Waals surface area contributed by atoms with Gasteiger partial charge in [-0.25, -0.2) is 9.67 Å². The van der Waals surface area contributed by atoms with Gasteiger partial charge in [0.2, 0.25) is 0 Å². The van der Waals surface area contributed by atoms with Crippen LogP contribution < -0.4 is 10.9 Å². The van der Waals surface area contributed by atoms with Crippen molar-refractivity contribution < 1.29 is 4.79 Å². The summed E-state index contributed by atoms with van der Waals surface area (Å²) in [6.45, 7) is 5.99. The largest absolute Gasteiger partial charge is 0.341 e. The van der Waals surface area contributed by atoms with Gasteiger partial charge in [-0.05, 0) is 26.3 Å². The van der Waals surface area contributed by atoms with Crippen LogP contribution in [0, 0.1) is 13.8 Å². The number of amides is 1. The number of fused-ring (bicyclic) bond motifs is 1. The number of thiazole rings is 1. The van der Waals surface area contributed by atoms with Crippen LogP contribution in [-0.2, 0) is 7.05 Å². The minimum absolute atomic E-state index is 0.178. The molecule has 0 aliphatic heterocycles. The molecule has 0 spiro atoms. The molecule has 7 heteroatoms. The molecule has 3 rings (SSSR count). The Labute approximate surface area is 149 Å². The van der Waals surface area contributed by atoms with Crippen LogP contribution in [0.25, 0.3) is 10.8 Å². The first-order valence-corrected chi connectivity index (χ1v) is 8.94. The third-order valence-electron chi connectivity index (χ3n) is 4.23. The first-order chi connectivity index (χ1) is 11.9. The van der Waals surface area contributed by atoms with E-state index in [4.69, 9.17) is 0 Å². The predicted octanol–water partition coefficient (Wildman–Crippen LogP) is 2.89. The van der Waals surface area contributed by atoms with Gasteiger partial charge in [0, 0.05) is 17.3 Å². The second kappa shape index (κ2) is 6.76. The normalized spacial score (nSPS) is 12.3. The van der Waals surface area contributed by atoms with Crippen molar-refractivity contribution in [3.63, 3.8) is 0 Å². The molecule has 0 unspecified atom stereocenters. The maximum atomic E-state index is 12.8. The number of benzene rings is 1. The maximum Gasteiger partial charge on any atom is 0.274 e. The van der Waals surface area contributed by atoms with Crippen LogP contribution in [0.15, 0.2) is 29.1 Å². The number of aryl methyl sites for hydroxylation is 3. The van der Waals surface area contributed by atoms with E-state index in [1.807, 2.05) is 20.8 Å². The van der Waals surface area contributed by atoms with Crippen molar-refractivity contribution in [1.29, 1.82) is 0 Å². The molecule has 1 aromatic carbocycles. The number of hydrogen-bond donors (Lipinski definition) is 1. The van der Waals surface area contributed by atoms with E-state index >= 15 is 0 Å². The fourth-order valence-corrected chi connectivity index (χ4v) is 3.74. The lowest BCUT2D eigenvalue weighted by molar-refractivity contribution is 0.0930. The quantitative estimate of drug-likeness (QED) is 0.780. The summed E-state index contributed by atoms with van der Waals surface area (Å²) in [5.74, 6) is -0.302. The zero-order valence-corrected chi connectivity index (χ0v) is 15.5. The van der Waals surface area contributed by atoms with Crippen molar-refractivity contribution in [3.8, 4) is 0 Å². The highest BCUT2D eigenvalue weighted by atomic mass is 32.1. The minimum atomic E-state index is -0.302. The van der Waals surface area contributed by atoms with Crippen LogP contribution in [0.3, 0.4) is 0 Å². The van der Waals surface area contributed by atoms with E-state index in [-0.39, 0.29) is 23.2 Å². The van der Waals surface area contributed by atoms with E-state index in [0.29, 0.717) is 10.8 Å². The molecule has 1 amide bonds. The Hall–Kier alpha value is -2.54. The van der Waals surface area contributed by atoms with E-state index in [1.165, 1.54) is 4.68 Å². The fourth-order valence-electron chi connectivity index (χ4n) is 2.68. The van der Waals surface area contributed by atoms with Gasteiger partial charge in [-0.2, -0.15) is 5.10 Å². The van der Waals surface area contributed by atoms with Gasteiger partial charge in [0.25, 0.3) is 11.5 Å². The molecule has 2 aromatic heterocycles. The van der Waals surface area contributed by atoms with Gasteiger partial charge in [0.05, 0.1) is 17.1 Å². The molecule has 130 valence electrons. The van der Waals surface area contributed by atoms with Crippen molar-refractivity contribution in [2.24, 2.45) is 7.05 Å². The second-order valence-corrected chi connectivity index (χ2v) is 7.19. The van der Waals surface area contributed by atoms with Crippen molar-refractivity contribution in [3.05, 3.63) is 55.9 Å². The Morgan fingerprint density at radius 3 is 2.56 bits per heavy atom. The third kappa shape index (κ3) is 3.19. The molecule has 0 saturated carbocycles.